The van der Waals surface area contributed by atoms with Gasteiger partial charge in [0.05, 0.1) is 13.2 Å². The molecule has 2 aromatic rings. The van der Waals surface area contributed by atoms with Crippen molar-refractivity contribution in [3.8, 4) is 5.75 Å². The Kier molecular flexibility index (Phi) is 6.91. The molecule has 2 N–H and O–H groups in total. The van der Waals surface area contributed by atoms with Crippen molar-refractivity contribution in [2.24, 2.45) is 0 Å². The number of carbonyl (C=O) groups excluding carboxylic acids is 1. The average Bonchev–Trinajstić information content (AvgIpc) is 3.37. The zero-order valence-electron chi connectivity index (χ0n) is 15.2. The summed E-state index contributed by atoms with van der Waals surface area (Å²) in [6.07, 6.45) is 3.29. The average molecular weight is 374 g/mol. The Morgan fingerprint density at radius 3 is 2.62 bits per heavy atom. The minimum atomic E-state index is -0.0991. The molecule has 1 aromatic heterocycles. The third-order valence-electron chi connectivity index (χ3n) is 4.82. The van der Waals surface area contributed by atoms with E-state index in [1.807, 2.05) is 24.3 Å². The van der Waals surface area contributed by atoms with Crippen molar-refractivity contribution in [2.75, 3.05) is 33.3 Å². The highest BCUT2D eigenvalue weighted by Crippen LogP contribution is 2.26. The van der Waals surface area contributed by atoms with Crippen molar-refractivity contribution in [1.29, 1.82) is 0 Å². The molecule has 3 rings (SSSR count). The number of thiophene rings is 1. The molecular formula is C20H27N3O2S. The number of ether oxygens (including phenoxy) is 1. The van der Waals surface area contributed by atoms with Crippen LogP contribution in [-0.2, 0) is 6.42 Å². The zero-order chi connectivity index (χ0) is 18.2. The van der Waals surface area contributed by atoms with Gasteiger partial charge in [-0.15, -0.1) is 0 Å². The van der Waals surface area contributed by atoms with Crippen molar-refractivity contribution < 1.29 is 9.53 Å². The Morgan fingerprint density at radius 2 is 1.96 bits per heavy atom. The van der Waals surface area contributed by atoms with E-state index in [0.717, 1.165) is 25.3 Å². The van der Waals surface area contributed by atoms with Gasteiger partial charge in [0.1, 0.15) is 5.75 Å². The number of nitrogens with zero attached hydrogens (tertiary/aromatic N) is 1. The molecular weight excluding hydrogens is 346 g/mol. The Balaban J connectivity index is 1.43. The molecule has 6 heteroatoms. The summed E-state index contributed by atoms with van der Waals surface area (Å²) < 4.78 is 5.16. The predicted octanol–water partition coefficient (Wildman–Crippen LogP) is 3.44. The summed E-state index contributed by atoms with van der Waals surface area (Å²) in [5, 5.41) is 10.3. The lowest BCUT2D eigenvalue weighted by Crippen LogP contribution is -2.42. The van der Waals surface area contributed by atoms with E-state index in [-0.39, 0.29) is 12.1 Å². The number of methoxy groups -OCH3 is 1. The van der Waals surface area contributed by atoms with Gasteiger partial charge in [-0.25, -0.2) is 4.79 Å². The fourth-order valence-electron chi connectivity index (χ4n) is 3.34. The first-order valence-electron chi connectivity index (χ1n) is 9.17. The van der Waals surface area contributed by atoms with Crippen molar-refractivity contribution in [3.63, 3.8) is 0 Å². The Bertz CT molecular complexity index is 667. The molecule has 5 nitrogen and oxygen atoms in total. The van der Waals surface area contributed by atoms with Crippen LogP contribution in [0.1, 0.15) is 30.0 Å². The SMILES string of the molecule is COc1ccc(CCNC(=O)NC[C@@H](c2ccsc2)N2CCCC2)cc1. The maximum Gasteiger partial charge on any atom is 0.314 e. The number of benzene rings is 1. The Hall–Kier alpha value is -2.05. The number of urea groups is 1. The van der Waals surface area contributed by atoms with Crippen LogP contribution in [-0.4, -0.2) is 44.2 Å². The number of carbonyl (C=O) groups is 1. The van der Waals surface area contributed by atoms with Gasteiger partial charge in [0.25, 0.3) is 0 Å². The number of rotatable bonds is 8. The quantitative estimate of drug-likeness (QED) is 0.745. The van der Waals surface area contributed by atoms with Crippen LogP contribution >= 0.6 is 11.3 Å². The standard InChI is InChI=1S/C20H27N3O2S/c1-25-18-6-4-16(5-7-18)8-10-21-20(24)22-14-19(17-9-13-26-15-17)23-11-2-3-12-23/h4-7,9,13,15,19H,2-3,8,10-12,14H2,1H3,(H2,21,22,24)/t19-/m0/s1. The van der Waals surface area contributed by atoms with Gasteiger partial charge in [-0.2, -0.15) is 11.3 Å². The van der Waals surface area contributed by atoms with Gasteiger partial charge in [-0.1, -0.05) is 12.1 Å². The second-order valence-electron chi connectivity index (χ2n) is 6.55. The molecule has 1 aliphatic heterocycles. The summed E-state index contributed by atoms with van der Waals surface area (Å²) in [6, 6.07) is 10.3. The Morgan fingerprint density at radius 1 is 1.19 bits per heavy atom. The van der Waals surface area contributed by atoms with E-state index in [2.05, 4.69) is 32.4 Å². The lowest BCUT2D eigenvalue weighted by molar-refractivity contribution is 0.221. The molecule has 2 heterocycles. The summed E-state index contributed by atoms with van der Waals surface area (Å²) in [5.41, 5.74) is 2.48. The second kappa shape index (κ2) is 9.59. The maximum atomic E-state index is 12.2. The molecule has 1 fully saturated rings. The minimum Gasteiger partial charge on any atom is -0.497 e. The van der Waals surface area contributed by atoms with Crippen LogP contribution in [0.5, 0.6) is 5.75 Å². The van der Waals surface area contributed by atoms with Crippen molar-refractivity contribution >= 4 is 17.4 Å². The summed E-state index contributed by atoms with van der Waals surface area (Å²) >= 11 is 1.71. The van der Waals surface area contributed by atoms with Crippen LogP contribution in [0.25, 0.3) is 0 Å². The van der Waals surface area contributed by atoms with Gasteiger partial charge in [0, 0.05) is 13.1 Å². The van der Waals surface area contributed by atoms with Gasteiger partial charge in [0.15, 0.2) is 0 Å². The molecule has 0 saturated carbocycles. The highest BCUT2D eigenvalue weighted by molar-refractivity contribution is 7.07. The van der Waals surface area contributed by atoms with Gasteiger partial charge in [0.2, 0.25) is 0 Å². The van der Waals surface area contributed by atoms with Crippen molar-refractivity contribution in [1.82, 2.24) is 15.5 Å². The third-order valence-corrected chi connectivity index (χ3v) is 5.53. The highest BCUT2D eigenvalue weighted by Gasteiger charge is 2.24. The molecule has 140 valence electrons. The fraction of sp³-hybridized carbons (Fsp3) is 0.450. The molecule has 0 aliphatic carbocycles. The first-order valence-corrected chi connectivity index (χ1v) is 10.1. The summed E-state index contributed by atoms with van der Waals surface area (Å²) in [7, 11) is 1.66. The van der Waals surface area contributed by atoms with Crippen LogP contribution in [0.3, 0.4) is 0 Å². The number of nitrogens with one attached hydrogen (secondary N) is 2. The van der Waals surface area contributed by atoms with E-state index in [4.69, 9.17) is 4.74 Å². The minimum absolute atomic E-state index is 0.0991. The van der Waals surface area contributed by atoms with E-state index in [0.29, 0.717) is 13.1 Å². The van der Waals surface area contributed by atoms with E-state index in [9.17, 15) is 4.79 Å². The number of hydrogen-bond acceptors (Lipinski definition) is 4. The molecule has 1 aliphatic rings. The lowest BCUT2D eigenvalue weighted by Gasteiger charge is -2.27. The normalized spacial score (nSPS) is 15.6. The number of likely N-dealkylation sites (tertiary alicyclic amines) is 1. The number of amides is 2. The monoisotopic (exact) mass is 373 g/mol. The Labute approximate surface area is 159 Å². The predicted molar refractivity (Wildman–Crippen MR) is 106 cm³/mol. The van der Waals surface area contributed by atoms with E-state index in [1.54, 1.807) is 18.4 Å². The van der Waals surface area contributed by atoms with Crippen molar-refractivity contribution in [3.05, 3.63) is 52.2 Å². The van der Waals surface area contributed by atoms with Gasteiger partial charge < -0.3 is 15.4 Å². The number of hydrogen-bond donors (Lipinski definition) is 2. The molecule has 1 aromatic carbocycles. The first-order chi connectivity index (χ1) is 12.8. The molecule has 0 radical (unpaired) electrons. The van der Waals surface area contributed by atoms with Gasteiger partial charge >= 0.3 is 6.03 Å². The molecule has 0 unspecified atom stereocenters. The second-order valence-corrected chi connectivity index (χ2v) is 7.33. The van der Waals surface area contributed by atoms with Crippen molar-refractivity contribution in [2.45, 2.75) is 25.3 Å². The maximum absolute atomic E-state index is 12.2. The lowest BCUT2D eigenvalue weighted by atomic mass is 10.1. The van der Waals surface area contributed by atoms with Crippen LogP contribution in [0, 0.1) is 0 Å². The van der Waals surface area contributed by atoms with Crippen LogP contribution in [0.2, 0.25) is 0 Å². The summed E-state index contributed by atoms with van der Waals surface area (Å²) in [5.74, 6) is 0.848. The molecule has 2 amide bonds. The zero-order valence-corrected chi connectivity index (χ0v) is 16.1. The fourth-order valence-corrected chi connectivity index (χ4v) is 4.05. The van der Waals surface area contributed by atoms with Crippen LogP contribution in [0.4, 0.5) is 4.79 Å². The smallest absolute Gasteiger partial charge is 0.314 e. The van der Waals surface area contributed by atoms with Crippen LogP contribution in [0.15, 0.2) is 41.1 Å². The highest BCUT2D eigenvalue weighted by atomic mass is 32.1. The van der Waals surface area contributed by atoms with Gasteiger partial charge in [-0.3, -0.25) is 4.90 Å². The molecule has 26 heavy (non-hydrogen) atoms. The molecule has 1 atom stereocenters. The van der Waals surface area contributed by atoms with E-state index < -0.39 is 0 Å². The van der Waals surface area contributed by atoms with Crippen LogP contribution < -0.4 is 15.4 Å². The van der Waals surface area contributed by atoms with Gasteiger partial charge in [-0.05, 0) is 72.4 Å². The third kappa shape index (κ3) is 5.22. The first kappa shape index (κ1) is 18.7. The topological polar surface area (TPSA) is 53.6 Å². The van der Waals surface area contributed by atoms with E-state index in [1.165, 1.54) is 24.0 Å². The van der Waals surface area contributed by atoms with E-state index >= 15 is 0 Å². The molecule has 0 spiro atoms. The largest absolute Gasteiger partial charge is 0.497 e. The molecule has 0 bridgehead atoms. The summed E-state index contributed by atoms with van der Waals surface area (Å²) in [4.78, 5) is 14.6. The summed E-state index contributed by atoms with van der Waals surface area (Å²) in [6.45, 7) is 3.48. The molecule has 1 saturated heterocycles.